The van der Waals surface area contributed by atoms with E-state index in [4.69, 9.17) is 15.2 Å². The monoisotopic (exact) mass is 348 g/mol. The Hall–Kier alpha value is -2.85. The maximum absolute atomic E-state index is 6.27. The summed E-state index contributed by atoms with van der Waals surface area (Å²) in [5, 5.41) is 0. The first-order valence-electron chi connectivity index (χ1n) is 8.67. The zero-order valence-electron chi connectivity index (χ0n) is 15.2. The fourth-order valence-corrected chi connectivity index (χ4v) is 2.88. The highest BCUT2D eigenvalue weighted by Crippen LogP contribution is 2.30. The Bertz CT molecular complexity index is 850. The molecule has 0 aliphatic rings. The molecule has 0 fully saturated rings. The molecule has 4 heteroatoms. The Kier molecular flexibility index (Phi) is 5.87. The van der Waals surface area contributed by atoms with Crippen LogP contribution in [0.25, 0.3) is 0 Å². The highest BCUT2D eigenvalue weighted by atomic mass is 16.5. The summed E-state index contributed by atoms with van der Waals surface area (Å²) < 4.78 is 11.4. The molecule has 0 bridgehead atoms. The highest BCUT2D eigenvalue weighted by molar-refractivity contribution is 5.43. The molecule has 0 aliphatic carbocycles. The number of nitrogens with two attached hydrogens (primary N) is 1. The molecule has 0 aliphatic heterocycles. The first-order valence-corrected chi connectivity index (χ1v) is 8.67. The lowest BCUT2D eigenvalue weighted by Crippen LogP contribution is -2.14. The van der Waals surface area contributed by atoms with E-state index in [2.05, 4.69) is 30.1 Å². The zero-order valence-corrected chi connectivity index (χ0v) is 15.2. The van der Waals surface area contributed by atoms with Gasteiger partial charge in [0, 0.05) is 6.20 Å². The number of ether oxygens (including phenoxy) is 2. The number of aromatic nitrogens is 1. The zero-order chi connectivity index (χ0) is 18.4. The summed E-state index contributed by atoms with van der Waals surface area (Å²) in [7, 11) is 1.65. The van der Waals surface area contributed by atoms with Crippen molar-refractivity contribution in [2.75, 3.05) is 7.11 Å². The van der Waals surface area contributed by atoms with E-state index in [1.165, 1.54) is 5.56 Å². The second-order valence-corrected chi connectivity index (χ2v) is 6.33. The third-order valence-corrected chi connectivity index (χ3v) is 4.23. The molecular formula is C22H24N2O2. The largest absolute Gasteiger partial charge is 0.493 e. The summed E-state index contributed by atoms with van der Waals surface area (Å²) in [6, 6.07) is 19.9. The van der Waals surface area contributed by atoms with Gasteiger partial charge in [0.2, 0.25) is 0 Å². The second kappa shape index (κ2) is 8.50. The lowest BCUT2D eigenvalue weighted by Gasteiger charge is -2.15. The van der Waals surface area contributed by atoms with Crippen molar-refractivity contribution < 1.29 is 9.47 Å². The van der Waals surface area contributed by atoms with Gasteiger partial charge in [0.05, 0.1) is 18.8 Å². The van der Waals surface area contributed by atoms with Crippen LogP contribution in [0, 0.1) is 6.92 Å². The minimum Gasteiger partial charge on any atom is -0.493 e. The van der Waals surface area contributed by atoms with Crippen molar-refractivity contribution >= 4 is 0 Å². The molecule has 1 atom stereocenters. The Morgan fingerprint density at radius 3 is 2.58 bits per heavy atom. The van der Waals surface area contributed by atoms with Gasteiger partial charge in [-0.25, -0.2) is 0 Å². The van der Waals surface area contributed by atoms with Crippen LogP contribution in [0.1, 0.15) is 28.4 Å². The van der Waals surface area contributed by atoms with Gasteiger partial charge in [-0.3, -0.25) is 4.98 Å². The number of pyridine rings is 1. The van der Waals surface area contributed by atoms with Crippen LogP contribution in [0.15, 0.2) is 66.9 Å². The van der Waals surface area contributed by atoms with Gasteiger partial charge in [0.25, 0.3) is 0 Å². The van der Waals surface area contributed by atoms with Gasteiger partial charge >= 0.3 is 0 Å². The van der Waals surface area contributed by atoms with Crippen molar-refractivity contribution in [1.29, 1.82) is 0 Å². The topological polar surface area (TPSA) is 57.4 Å². The van der Waals surface area contributed by atoms with Gasteiger partial charge in [0.1, 0.15) is 6.61 Å². The molecule has 0 radical (unpaired) electrons. The smallest absolute Gasteiger partial charge is 0.161 e. The molecule has 26 heavy (non-hydrogen) atoms. The molecule has 0 amide bonds. The van der Waals surface area contributed by atoms with Crippen molar-refractivity contribution in [3.8, 4) is 11.5 Å². The molecule has 2 aromatic carbocycles. The van der Waals surface area contributed by atoms with Crippen LogP contribution in [0.2, 0.25) is 0 Å². The quantitative estimate of drug-likeness (QED) is 0.694. The van der Waals surface area contributed by atoms with Gasteiger partial charge < -0.3 is 15.2 Å². The van der Waals surface area contributed by atoms with Crippen molar-refractivity contribution in [3.05, 3.63) is 89.2 Å². The fraction of sp³-hybridized carbons (Fsp3) is 0.227. The Morgan fingerprint density at radius 1 is 0.962 bits per heavy atom. The summed E-state index contributed by atoms with van der Waals surface area (Å²) in [4.78, 5) is 4.32. The maximum atomic E-state index is 6.27. The van der Waals surface area contributed by atoms with E-state index in [9.17, 15) is 0 Å². The second-order valence-electron chi connectivity index (χ2n) is 6.33. The summed E-state index contributed by atoms with van der Waals surface area (Å²) >= 11 is 0. The molecule has 0 saturated carbocycles. The van der Waals surface area contributed by atoms with Gasteiger partial charge in [-0.05, 0) is 48.7 Å². The molecule has 134 valence electrons. The standard InChI is InChI=1S/C22H24N2O2/c1-16-6-5-7-18(12-16)15-26-21-10-9-17(14-22(21)25-2)13-19(23)20-8-3-4-11-24-20/h3-12,14,19H,13,15,23H2,1-2H3. The van der Waals surface area contributed by atoms with E-state index >= 15 is 0 Å². The van der Waals surface area contributed by atoms with E-state index < -0.39 is 0 Å². The third-order valence-electron chi connectivity index (χ3n) is 4.23. The fourth-order valence-electron chi connectivity index (χ4n) is 2.88. The molecule has 2 N–H and O–H groups in total. The van der Waals surface area contributed by atoms with Crippen molar-refractivity contribution in [1.82, 2.24) is 4.98 Å². The predicted octanol–water partition coefficient (Wildman–Crippen LogP) is 4.22. The molecule has 3 aromatic rings. The van der Waals surface area contributed by atoms with E-state index in [1.54, 1.807) is 13.3 Å². The molecule has 1 aromatic heterocycles. The van der Waals surface area contributed by atoms with Gasteiger partial charge in [-0.15, -0.1) is 0 Å². The summed E-state index contributed by atoms with van der Waals surface area (Å²) in [5.41, 5.74) is 10.6. The average molecular weight is 348 g/mol. The predicted molar refractivity (Wildman–Crippen MR) is 103 cm³/mol. The molecule has 0 saturated heterocycles. The Labute approximate surface area is 154 Å². The SMILES string of the molecule is COc1cc(CC(N)c2ccccn2)ccc1OCc1cccc(C)c1. The first kappa shape index (κ1) is 18.0. The van der Waals surface area contributed by atoms with Crippen LogP contribution in [0.3, 0.4) is 0 Å². The molecule has 1 unspecified atom stereocenters. The molecule has 4 nitrogen and oxygen atoms in total. The van der Waals surface area contributed by atoms with Crippen LogP contribution in [0.4, 0.5) is 0 Å². The normalized spacial score (nSPS) is 11.8. The van der Waals surface area contributed by atoms with Crippen molar-refractivity contribution in [2.45, 2.75) is 26.0 Å². The van der Waals surface area contributed by atoms with Crippen LogP contribution >= 0.6 is 0 Å². The lowest BCUT2D eigenvalue weighted by molar-refractivity contribution is 0.284. The minimum absolute atomic E-state index is 0.153. The Balaban J connectivity index is 1.69. The molecule has 3 rings (SSSR count). The lowest BCUT2D eigenvalue weighted by atomic mass is 10.0. The van der Waals surface area contributed by atoms with E-state index in [-0.39, 0.29) is 6.04 Å². The minimum atomic E-state index is -0.153. The maximum Gasteiger partial charge on any atom is 0.161 e. The number of hydrogen-bond donors (Lipinski definition) is 1. The summed E-state index contributed by atoms with van der Waals surface area (Å²) in [5.74, 6) is 1.44. The van der Waals surface area contributed by atoms with Gasteiger partial charge in [-0.1, -0.05) is 42.0 Å². The number of hydrogen-bond acceptors (Lipinski definition) is 4. The highest BCUT2D eigenvalue weighted by Gasteiger charge is 2.11. The van der Waals surface area contributed by atoms with Crippen molar-refractivity contribution in [3.63, 3.8) is 0 Å². The summed E-state index contributed by atoms with van der Waals surface area (Å²) in [6.45, 7) is 2.58. The number of nitrogens with zero attached hydrogens (tertiary/aromatic N) is 1. The number of aryl methyl sites for hydroxylation is 1. The van der Waals surface area contributed by atoms with Crippen LogP contribution in [-0.4, -0.2) is 12.1 Å². The van der Waals surface area contributed by atoms with Crippen LogP contribution in [-0.2, 0) is 13.0 Å². The van der Waals surface area contributed by atoms with E-state index in [0.717, 1.165) is 22.6 Å². The summed E-state index contributed by atoms with van der Waals surface area (Å²) in [6.07, 6.45) is 2.45. The Morgan fingerprint density at radius 2 is 1.85 bits per heavy atom. The average Bonchev–Trinajstić information content (AvgIpc) is 2.67. The van der Waals surface area contributed by atoms with Crippen LogP contribution in [0.5, 0.6) is 11.5 Å². The number of methoxy groups -OCH3 is 1. The van der Waals surface area contributed by atoms with E-state index in [0.29, 0.717) is 18.8 Å². The van der Waals surface area contributed by atoms with Gasteiger partial charge in [-0.2, -0.15) is 0 Å². The number of benzene rings is 2. The van der Waals surface area contributed by atoms with Crippen LogP contribution < -0.4 is 15.2 Å². The number of rotatable bonds is 7. The molecule has 0 spiro atoms. The molecule has 1 heterocycles. The van der Waals surface area contributed by atoms with E-state index in [1.807, 2.05) is 42.5 Å². The van der Waals surface area contributed by atoms with Gasteiger partial charge in [0.15, 0.2) is 11.5 Å². The first-order chi connectivity index (χ1) is 12.7. The third kappa shape index (κ3) is 4.61. The molecular weight excluding hydrogens is 324 g/mol. The van der Waals surface area contributed by atoms with Crippen molar-refractivity contribution in [2.24, 2.45) is 5.73 Å².